The number of nitrogens with one attached hydrogen (secondary N) is 3. The van der Waals surface area contributed by atoms with Crippen LogP contribution in [-0.2, 0) is 16.6 Å². The number of rotatable bonds is 6. The monoisotopic (exact) mass is 286 g/mol. The van der Waals surface area contributed by atoms with Gasteiger partial charge in [-0.3, -0.25) is 5.10 Å². The van der Waals surface area contributed by atoms with Crippen LogP contribution in [0.4, 0.5) is 0 Å². The molecular formula is C12H22N4O2S. The maximum Gasteiger partial charge on any atom is 0.244 e. The van der Waals surface area contributed by atoms with Crippen molar-refractivity contribution in [2.24, 2.45) is 0 Å². The van der Waals surface area contributed by atoms with Crippen LogP contribution in [0.15, 0.2) is 4.90 Å². The van der Waals surface area contributed by atoms with Crippen molar-refractivity contribution in [3.05, 3.63) is 11.4 Å². The molecule has 1 aliphatic rings. The highest BCUT2D eigenvalue weighted by molar-refractivity contribution is 7.89. The van der Waals surface area contributed by atoms with Crippen molar-refractivity contribution in [2.45, 2.75) is 57.0 Å². The summed E-state index contributed by atoms with van der Waals surface area (Å²) in [6, 6.07) is 0. The van der Waals surface area contributed by atoms with Gasteiger partial charge in [-0.2, -0.15) is 5.10 Å². The molecule has 0 aliphatic heterocycles. The number of aromatic nitrogens is 2. The smallest absolute Gasteiger partial charge is 0.244 e. The van der Waals surface area contributed by atoms with E-state index in [9.17, 15) is 8.42 Å². The molecule has 0 saturated heterocycles. The van der Waals surface area contributed by atoms with E-state index in [4.69, 9.17) is 0 Å². The van der Waals surface area contributed by atoms with Crippen molar-refractivity contribution < 1.29 is 8.42 Å². The molecule has 3 N–H and O–H groups in total. The third kappa shape index (κ3) is 2.98. The van der Waals surface area contributed by atoms with Crippen LogP contribution in [-0.4, -0.2) is 30.7 Å². The summed E-state index contributed by atoms with van der Waals surface area (Å²) < 4.78 is 27.8. The molecule has 1 heterocycles. The molecule has 19 heavy (non-hydrogen) atoms. The fraction of sp³-hybridized carbons (Fsp3) is 0.750. The Morgan fingerprint density at radius 3 is 2.63 bits per heavy atom. The maximum absolute atomic E-state index is 12.5. The summed E-state index contributed by atoms with van der Waals surface area (Å²) in [5, 5.41) is 9.96. The maximum atomic E-state index is 12.5. The van der Waals surface area contributed by atoms with E-state index in [0.29, 0.717) is 22.8 Å². The minimum absolute atomic E-state index is 0.293. The Bertz CT molecular complexity index is 546. The van der Waals surface area contributed by atoms with Gasteiger partial charge in [0.25, 0.3) is 0 Å². The second-order valence-corrected chi connectivity index (χ2v) is 7.04. The largest absolute Gasteiger partial charge is 0.311 e. The molecule has 1 saturated carbocycles. The second kappa shape index (κ2) is 5.22. The lowest BCUT2D eigenvalue weighted by atomic mass is 9.80. The lowest BCUT2D eigenvalue weighted by molar-refractivity contribution is 0.248. The van der Waals surface area contributed by atoms with Gasteiger partial charge in [0, 0.05) is 12.1 Å². The number of hydrogen-bond acceptors (Lipinski definition) is 4. The molecule has 0 radical (unpaired) electrons. The van der Waals surface area contributed by atoms with Crippen LogP contribution in [0.1, 0.15) is 44.5 Å². The Hall–Kier alpha value is -0.920. The number of aryl methyl sites for hydroxylation is 1. The van der Waals surface area contributed by atoms with Gasteiger partial charge in [-0.1, -0.05) is 6.92 Å². The molecule has 2 rings (SSSR count). The van der Waals surface area contributed by atoms with Crippen LogP contribution in [0.5, 0.6) is 0 Å². The predicted molar refractivity (Wildman–Crippen MR) is 73.3 cm³/mol. The standard InChI is InChI=1S/C12H22N4O2S/c1-4-13-8-10-11(9(2)14-15-10)19(17,18)16-12(3)6-5-7-12/h13,16H,4-8H2,1-3H3,(H,14,15). The highest BCUT2D eigenvalue weighted by Gasteiger charge is 2.37. The van der Waals surface area contributed by atoms with E-state index < -0.39 is 10.0 Å². The minimum atomic E-state index is -3.51. The third-order valence-corrected chi connectivity index (χ3v) is 5.45. The van der Waals surface area contributed by atoms with E-state index >= 15 is 0 Å². The van der Waals surface area contributed by atoms with Gasteiger partial charge in [0.1, 0.15) is 4.90 Å². The van der Waals surface area contributed by atoms with E-state index in [0.717, 1.165) is 25.8 Å². The van der Waals surface area contributed by atoms with E-state index in [-0.39, 0.29) is 5.54 Å². The average molecular weight is 286 g/mol. The SMILES string of the molecule is CCNCc1n[nH]c(C)c1S(=O)(=O)NC1(C)CCC1. The average Bonchev–Trinajstić information content (AvgIpc) is 2.66. The van der Waals surface area contributed by atoms with Crippen LogP contribution in [0, 0.1) is 6.92 Å². The summed E-state index contributed by atoms with van der Waals surface area (Å²) in [7, 11) is -3.51. The second-order valence-electron chi connectivity index (χ2n) is 5.42. The zero-order valence-corrected chi connectivity index (χ0v) is 12.5. The number of sulfonamides is 1. The summed E-state index contributed by atoms with van der Waals surface area (Å²) in [5.74, 6) is 0. The van der Waals surface area contributed by atoms with Gasteiger partial charge in [-0.05, 0) is 39.7 Å². The molecule has 0 aromatic carbocycles. The van der Waals surface area contributed by atoms with Gasteiger partial charge < -0.3 is 5.32 Å². The van der Waals surface area contributed by atoms with E-state index in [1.165, 1.54) is 0 Å². The van der Waals surface area contributed by atoms with E-state index in [2.05, 4.69) is 20.2 Å². The van der Waals surface area contributed by atoms with Crippen LogP contribution in [0.25, 0.3) is 0 Å². The zero-order valence-electron chi connectivity index (χ0n) is 11.7. The molecule has 1 aromatic heterocycles. The van der Waals surface area contributed by atoms with Gasteiger partial charge in [0.05, 0.1) is 11.4 Å². The summed E-state index contributed by atoms with van der Waals surface area (Å²) >= 11 is 0. The molecule has 1 aliphatic carbocycles. The Morgan fingerprint density at radius 1 is 1.42 bits per heavy atom. The first-order valence-corrected chi connectivity index (χ1v) is 8.15. The van der Waals surface area contributed by atoms with Crippen LogP contribution in [0.2, 0.25) is 0 Å². The molecule has 7 heteroatoms. The number of hydrogen-bond donors (Lipinski definition) is 3. The number of nitrogens with zero attached hydrogens (tertiary/aromatic N) is 1. The molecule has 6 nitrogen and oxygen atoms in total. The Balaban J connectivity index is 2.26. The van der Waals surface area contributed by atoms with Crippen LogP contribution in [0.3, 0.4) is 0 Å². The summed E-state index contributed by atoms with van der Waals surface area (Å²) in [4.78, 5) is 0.293. The lowest BCUT2D eigenvalue weighted by Crippen LogP contribution is -2.51. The highest BCUT2D eigenvalue weighted by atomic mass is 32.2. The molecule has 108 valence electrons. The third-order valence-electron chi connectivity index (χ3n) is 3.61. The van der Waals surface area contributed by atoms with E-state index in [1.54, 1.807) is 6.92 Å². The predicted octanol–water partition coefficient (Wildman–Crippen LogP) is 1.05. The highest BCUT2D eigenvalue weighted by Crippen LogP contribution is 2.33. The summed E-state index contributed by atoms with van der Waals surface area (Å²) in [6.45, 7) is 6.89. The fourth-order valence-corrected chi connectivity index (χ4v) is 4.21. The van der Waals surface area contributed by atoms with Crippen LogP contribution < -0.4 is 10.0 Å². The van der Waals surface area contributed by atoms with Crippen molar-refractivity contribution in [1.29, 1.82) is 0 Å². The van der Waals surface area contributed by atoms with Gasteiger partial charge in [0.2, 0.25) is 10.0 Å². The van der Waals surface area contributed by atoms with Crippen molar-refractivity contribution in [3.8, 4) is 0 Å². The van der Waals surface area contributed by atoms with Gasteiger partial charge in [0.15, 0.2) is 0 Å². The van der Waals surface area contributed by atoms with Gasteiger partial charge >= 0.3 is 0 Å². The topological polar surface area (TPSA) is 86.9 Å². The summed E-state index contributed by atoms with van der Waals surface area (Å²) in [6.07, 6.45) is 2.87. The Morgan fingerprint density at radius 2 is 2.11 bits per heavy atom. The number of aromatic amines is 1. The normalized spacial score (nSPS) is 18.3. The molecule has 0 spiro atoms. The minimum Gasteiger partial charge on any atom is -0.311 e. The summed E-state index contributed by atoms with van der Waals surface area (Å²) in [5.41, 5.74) is 0.843. The first-order valence-electron chi connectivity index (χ1n) is 6.66. The first-order chi connectivity index (χ1) is 8.88. The fourth-order valence-electron chi connectivity index (χ4n) is 2.37. The van der Waals surface area contributed by atoms with Crippen molar-refractivity contribution in [1.82, 2.24) is 20.2 Å². The molecular weight excluding hydrogens is 264 g/mol. The van der Waals surface area contributed by atoms with E-state index in [1.807, 2.05) is 13.8 Å². The molecule has 0 unspecified atom stereocenters. The van der Waals surface area contributed by atoms with Gasteiger partial charge in [-0.25, -0.2) is 13.1 Å². The first kappa shape index (κ1) is 14.5. The number of H-pyrrole nitrogens is 1. The molecule has 0 amide bonds. The lowest BCUT2D eigenvalue weighted by Gasteiger charge is -2.38. The Labute approximate surface area is 114 Å². The van der Waals surface area contributed by atoms with Crippen LogP contribution >= 0.6 is 0 Å². The van der Waals surface area contributed by atoms with Gasteiger partial charge in [-0.15, -0.1) is 0 Å². The van der Waals surface area contributed by atoms with Crippen molar-refractivity contribution >= 4 is 10.0 Å². The molecule has 1 aromatic rings. The van der Waals surface area contributed by atoms with Crippen molar-refractivity contribution in [2.75, 3.05) is 6.54 Å². The van der Waals surface area contributed by atoms with Crippen molar-refractivity contribution in [3.63, 3.8) is 0 Å². The quantitative estimate of drug-likeness (QED) is 0.729. The molecule has 0 bridgehead atoms. The molecule has 1 fully saturated rings. The Kier molecular flexibility index (Phi) is 3.98. The zero-order chi connectivity index (χ0) is 14.1. The molecule has 0 atom stereocenters.